The maximum atomic E-state index is 15.8. The van der Waals surface area contributed by atoms with Crippen molar-refractivity contribution >= 4 is 22.8 Å². The molecule has 11 heteroatoms. The largest absolute Gasteiger partial charge is 0.507 e. The summed E-state index contributed by atoms with van der Waals surface area (Å²) in [6.45, 7) is 12.1. The minimum absolute atomic E-state index is 0.0360. The lowest BCUT2D eigenvalue weighted by Gasteiger charge is -2.40. The van der Waals surface area contributed by atoms with Crippen LogP contribution in [0.25, 0.3) is 28.0 Å². The van der Waals surface area contributed by atoms with Gasteiger partial charge in [-0.15, -0.1) is 0 Å². The summed E-state index contributed by atoms with van der Waals surface area (Å²) in [7, 11) is 0. The van der Waals surface area contributed by atoms with Gasteiger partial charge in [-0.2, -0.15) is 4.98 Å². The van der Waals surface area contributed by atoms with Crippen molar-refractivity contribution in [2.45, 2.75) is 39.7 Å². The molecule has 1 aliphatic heterocycles. The van der Waals surface area contributed by atoms with E-state index in [0.717, 1.165) is 12.1 Å². The highest BCUT2D eigenvalue weighted by Gasteiger charge is 2.31. The highest BCUT2D eigenvalue weighted by molar-refractivity contribution is 5.91. The molecule has 9 nitrogen and oxygen atoms in total. The number of benzene rings is 1. The van der Waals surface area contributed by atoms with E-state index in [1.807, 2.05) is 32.6 Å². The Morgan fingerprint density at radius 1 is 1.17 bits per heavy atom. The van der Waals surface area contributed by atoms with Gasteiger partial charge in [0.1, 0.15) is 23.1 Å². The van der Waals surface area contributed by atoms with E-state index in [4.69, 9.17) is 0 Å². The summed E-state index contributed by atoms with van der Waals surface area (Å²) in [6, 6.07) is 6.27. The molecule has 1 aromatic carbocycles. The van der Waals surface area contributed by atoms with Crippen LogP contribution in [0.1, 0.15) is 37.9 Å². The number of pyridine rings is 2. The number of phenolic OH excluding ortho intramolecular Hbond substituents is 1. The number of hydrogen-bond donors (Lipinski definition) is 1. The van der Waals surface area contributed by atoms with Crippen molar-refractivity contribution in [3.8, 4) is 22.7 Å². The van der Waals surface area contributed by atoms with Crippen LogP contribution in [-0.4, -0.2) is 61.1 Å². The van der Waals surface area contributed by atoms with E-state index in [1.165, 1.54) is 22.8 Å². The van der Waals surface area contributed by atoms with Gasteiger partial charge in [-0.1, -0.05) is 26.5 Å². The molecule has 0 aliphatic carbocycles. The van der Waals surface area contributed by atoms with Crippen LogP contribution < -0.4 is 10.6 Å². The summed E-state index contributed by atoms with van der Waals surface area (Å²) in [4.78, 5) is 43.0. The van der Waals surface area contributed by atoms with E-state index in [0.29, 0.717) is 36.6 Å². The molecule has 4 aromatic rings. The normalized spacial score (nSPS) is 15.5. The summed E-state index contributed by atoms with van der Waals surface area (Å²) in [6.07, 6.45) is 2.89. The van der Waals surface area contributed by atoms with Crippen LogP contribution in [0.15, 0.2) is 54.0 Å². The molecule has 1 N–H and O–H groups in total. The van der Waals surface area contributed by atoms with Gasteiger partial charge in [0, 0.05) is 31.9 Å². The van der Waals surface area contributed by atoms with Crippen molar-refractivity contribution in [1.82, 2.24) is 24.4 Å². The predicted molar refractivity (Wildman–Crippen MR) is 152 cm³/mol. The van der Waals surface area contributed by atoms with Crippen LogP contribution in [-0.2, 0) is 4.79 Å². The molecular weight excluding hydrogens is 530 g/mol. The molecule has 212 valence electrons. The molecule has 0 bridgehead atoms. The lowest BCUT2D eigenvalue weighted by Crippen LogP contribution is -2.54. The standard InChI is InChI=1S/C30H30F2N6O3/c1-6-23(40)36-12-13-37(18(5)15-36)28-19-14-21(32)26(24-20(31)8-7-9-22(24)39)34-29(19)38(30(41)35-28)27-17(4)10-11-33-25(27)16(2)3/h6-11,14,16,18,39H,1,12-13,15H2,2-5H3. The van der Waals surface area contributed by atoms with Gasteiger partial charge in [-0.05, 0) is 55.7 Å². The molecule has 1 amide bonds. The summed E-state index contributed by atoms with van der Waals surface area (Å²) in [5, 5.41) is 10.7. The Labute approximate surface area is 235 Å². The molecule has 5 rings (SSSR count). The highest BCUT2D eigenvalue weighted by Crippen LogP contribution is 2.36. The minimum atomic E-state index is -0.897. The number of rotatable bonds is 5. The molecule has 1 atom stereocenters. The van der Waals surface area contributed by atoms with Gasteiger partial charge in [0.2, 0.25) is 5.91 Å². The first-order chi connectivity index (χ1) is 19.5. The van der Waals surface area contributed by atoms with Crippen LogP contribution in [0.5, 0.6) is 5.75 Å². The molecule has 1 saturated heterocycles. The molecular formula is C30H30F2N6O3. The smallest absolute Gasteiger partial charge is 0.355 e. The molecule has 41 heavy (non-hydrogen) atoms. The highest BCUT2D eigenvalue weighted by atomic mass is 19.1. The number of phenols is 1. The van der Waals surface area contributed by atoms with E-state index < -0.39 is 34.3 Å². The Bertz CT molecular complexity index is 1730. The fourth-order valence-electron chi connectivity index (χ4n) is 5.33. The second-order valence-electron chi connectivity index (χ2n) is 10.4. The zero-order valence-electron chi connectivity index (χ0n) is 23.2. The number of aromatic nitrogens is 4. The van der Waals surface area contributed by atoms with E-state index in [1.54, 1.807) is 17.2 Å². The molecule has 1 aliphatic rings. The SMILES string of the molecule is C=CC(=O)N1CCN(c2nc(=O)n(-c3c(C)ccnc3C(C)C)c3nc(-c4c(O)cccc4F)c(F)cc23)C(C)C1. The van der Waals surface area contributed by atoms with Gasteiger partial charge in [0.25, 0.3) is 0 Å². The molecule has 4 heterocycles. The van der Waals surface area contributed by atoms with E-state index in [2.05, 4.69) is 21.5 Å². The lowest BCUT2D eigenvalue weighted by molar-refractivity contribution is -0.126. The van der Waals surface area contributed by atoms with E-state index >= 15 is 4.39 Å². The Morgan fingerprint density at radius 2 is 1.93 bits per heavy atom. The van der Waals surface area contributed by atoms with Gasteiger partial charge in [-0.3, -0.25) is 9.78 Å². The Balaban J connectivity index is 1.83. The van der Waals surface area contributed by atoms with Crippen molar-refractivity contribution < 1.29 is 18.7 Å². The fraction of sp³-hybridized carbons (Fsp3) is 0.300. The molecule has 0 spiro atoms. The first-order valence-electron chi connectivity index (χ1n) is 13.3. The first kappa shape index (κ1) is 27.9. The van der Waals surface area contributed by atoms with Crippen molar-refractivity contribution in [2.75, 3.05) is 24.5 Å². The number of piperazine rings is 1. The van der Waals surface area contributed by atoms with E-state index in [9.17, 15) is 19.1 Å². The summed E-state index contributed by atoms with van der Waals surface area (Å²) >= 11 is 0. The van der Waals surface area contributed by atoms with Crippen LogP contribution >= 0.6 is 0 Å². The number of fused-ring (bicyclic) bond motifs is 1. The summed E-state index contributed by atoms with van der Waals surface area (Å²) < 4.78 is 32.0. The van der Waals surface area contributed by atoms with Crippen molar-refractivity contribution in [3.63, 3.8) is 0 Å². The molecule has 1 unspecified atom stereocenters. The fourth-order valence-corrected chi connectivity index (χ4v) is 5.33. The second kappa shape index (κ2) is 10.7. The first-order valence-corrected chi connectivity index (χ1v) is 13.3. The number of halogens is 2. The summed E-state index contributed by atoms with van der Waals surface area (Å²) in [5.41, 5.74) is 0.275. The van der Waals surface area contributed by atoms with Crippen molar-refractivity contribution in [2.24, 2.45) is 0 Å². The number of amides is 1. The third-order valence-corrected chi connectivity index (χ3v) is 7.34. The van der Waals surface area contributed by atoms with Gasteiger partial charge < -0.3 is 14.9 Å². The predicted octanol–water partition coefficient (Wildman–Crippen LogP) is 4.48. The number of nitrogens with zero attached hydrogens (tertiary/aromatic N) is 6. The Hall–Kier alpha value is -4.67. The van der Waals surface area contributed by atoms with Crippen molar-refractivity contribution in [3.05, 3.63) is 82.6 Å². The average Bonchev–Trinajstić information content (AvgIpc) is 2.93. The third-order valence-electron chi connectivity index (χ3n) is 7.34. The van der Waals surface area contributed by atoms with Crippen LogP contribution in [0.3, 0.4) is 0 Å². The van der Waals surface area contributed by atoms with Crippen molar-refractivity contribution in [1.29, 1.82) is 0 Å². The maximum absolute atomic E-state index is 15.8. The van der Waals surface area contributed by atoms with Gasteiger partial charge in [-0.25, -0.2) is 23.1 Å². The monoisotopic (exact) mass is 560 g/mol. The number of carbonyl (C=O) groups excluding carboxylic acids is 1. The van der Waals surface area contributed by atoms with Crippen LogP contribution in [0.4, 0.5) is 14.6 Å². The number of anilines is 1. The molecule has 1 fully saturated rings. The van der Waals surface area contributed by atoms with Crippen LogP contribution in [0.2, 0.25) is 0 Å². The van der Waals surface area contributed by atoms with Crippen LogP contribution in [0, 0.1) is 18.6 Å². The molecule has 3 aromatic heterocycles. The lowest BCUT2D eigenvalue weighted by atomic mass is 10.0. The van der Waals surface area contributed by atoms with E-state index in [-0.39, 0.29) is 34.7 Å². The minimum Gasteiger partial charge on any atom is -0.507 e. The molecule has 0 radical (unpaired) electrons. The third kappa shape index (κ3) is 4.81. The van der Waals surface area contributed by atoms with Gasteiger partial charge >= 0.3 is 5.69 Å². The number of hydrogen-bond acceptors (Lipinski definition) is 7. The average molecular weight is 561 g/mol. The van der Waals surface area contributed by atoms with Gasteiger partial charge in [0.05, 0.1) is 22.3 Å². The Morgan fingerprint density at radius 3 is 2.59 bits per heavy atom. The number of carbonyl (C=O) groups is 1. The quantitative estimate of drug-likeness (QED) is 0.359. The zero-order chi connectivity index (χ0) is 29.6. The second-order valence-corrected chi connectivity index (χ2v) is 10.4. The molecule has 0 saturated carbocycles. The topological polar surface area (TPSA) is 104 Å². The Kier molecular flexibility index (Phi) is 7.29. The summed E-state index contributed by atoms with van der Waals surface area (Å²) in [5.74, 6) is -2.35. The zero-order valence-corrected chi connectivity index (χ0v) is 23.2. The number of aryl methyl sites for hydroxylation is 1. The number of aromatic hydroxyl groups is 1. The maximum Gasteiger partial charge on any atom is 0.355 e. The van der Waals surface area contributed by atoms with Gasteiger partial charge in [0.15, 0.2) is 11.5 Å².